The first-order chi connectivity index (χ1) is 15.0. The summed E-state index contributed by atoms with van der Waals surface area (Å²) in [6, 6.07) is 25.9. The summed E-state index contributed by atoms with van der Waals surface area (Å²) in [5.74, 6) is -0.731. The van der Waals surface area contributed by atoms with Gasteiger partial charge in [0.25, 0.3) is 5.91 Å². The number of hydrogen-bond donors (Lipinski definition) is 2. The molecule has 0 bridgehead atoms. The van der Waals surface area contributed by atoms with Crippen LogP contribution in [0.15, 0.2) is 78.9 Å². The van der Waals surface area contributed by atoms with Crippen LogP contribution in [-0.4, -0.2) is 25.0 Å². The number of quaternary nitrogens is 1. The van der Waals surface area contributed by atoms with E-state index in [9.17, 15) is 9.59 Å². The van der Waals surface area contributed by atoms with E-state index >= 15 is 0 Å². The molecule has 0 aromatic heterocycles. The number of benzene rings is 3. The Balaban J connectivity index is 1.55. The topological polar surface area (TPSA) is 59.8 Å². The molecule has 3 aromatic rings. The average Bonchev–Trinajstić information content (AvgIpc) is 2.76. The third kappa shape index (κ3) is 7.39. The van der Waals surface area contributed by atoms with Crippen molar-refractivity contribution in [2.45, 2.75) is 26.9 Å². The number of esters is 1. The molecule has 0 atom stereocenters. The largest absolute Gasteiger partial charge is 0.451 e. The summed E-state index contributed by atoms with van der Waals surface area (Å²) < 4.78 is 5.27. The van der Waals surface area contributed by atoms with E-state index in [1.165, 1.54) is 0 Å². The number of anilines is 1. The van der Waals surface area contributed by atoms with E-state index in [1.54, 1.807) is 0 Å². The van der Waals surface area contributed by atoms with Crippen molar-refractivity contribution in [1.29, 1.82) is 0 Å². The summed E-state index contributed by atoms with van der Waals surface area (Å²) in [6.07, 6.45) is 0. The minimum absolute atomic E-state index is 0.181. The van der Waals surface area contributed by atoms with Crippen molar-refractivity contribution in [3.8, 4) is 0 Å². The van der Waals surface area contributed by atoms with E-state index in [0.29, 0.717) is 13.1 Å². The van der Waals surface area contributed by atoms with Gasteiger partial charge in [0.1, 0.15) is 13.1 Å². The van der Waals surface area contributed by atoms with Gasteiger partial charge >= 0.3 is 5.97 Å². The van der Waals surface area contributed by atoms with Crippen LogP contribution in [0, 0.1) is 13.8 Å². The van der Waals surface area contributed by atoms with Crippen molar-refractivity contribution < 1.29 is 19.2 Å². The predicted molar refractivity (Wildman–Crippen MR) is 122 cm³/mol. The lowest BCUT2D eigenvalue weighted by atomic mass is 10.1. The van der Waals surface area contributed by atoms with Gasteiger partial charge in [-0.15, -0.1) is 0 Å². The summed E-state index contributed by atoms with van der Waals surface area (Å²) in [5.41, 5.74) is 5.12. The molecular weight excluding hydrogens is 388 g/mol. The quantitative estimate of drug-likeness (QED) is 0.526. The van der Waals surface area contributed by atoms with Crippen molar-refractivity contribution in [2.75, 3.05) is 18.5 Å². The molecule has 0 aliphatic heterocycles. The minimum Gasteiger partial charge on any atom is -0.451 e. The number of nitrogens with one attached hydrogen (secondary N) is 2. The molecule has 0 fully saturated rings. The number of amides is 1. The summed E-state index contributed by atoms with van der Waals surface area (Å²) in [5, 5.41) is 2.80. The zero-order chi connectivity index (χ0) is 22.1. The number of hydrogen-bond acceptors (Lipinski definition) is 3. The molecule has 0 saturated heterocycles. The predicted octanol–water partition coefficient (Wildman–Crippen LogP) is 3.07. The number of rotatable bonds is 9. The monoisotopic (exact) mass is 417 g/mol. The van der Waals surface area contributed by atoms with Crippen LogP contribution in [0.25, 0.3) is 0 Å². The minimum atomic E-state index is -0.391. The van der Waals surface area contributed by atoms with Gasteiger partial charge in [0, 0.05) is 16.8 Å². The molecule has 2 N–H and O–H groups in total. The Kier molecular flexibility index (Phi) is 7.96. The van der Waals surface area contributed by atoms with E-state index < -0.39 is 5.97 Å². The van der Waals surface area contributed by atoms with Crippen molar-refractivity contribution in [3.05, 3.63) is 101 Å². The molecule has 0 aliphatic rings. The van der Waals surface area contributed by atoms with Crippen LogP contribution in [0.4, 0.5) is 5.69 Å². The highest BCUT2D eigenvalue weighted by molar-refractivity contribution is 5.93. The maximum atomic E-state index is 12.5. The molecule has 31 heavy (non-hydrogen) atoms. The molecule has 3 aromatic carbocycles. The molecule has 0 saturated carbocycles. The van der Waals surface area contributed by atoms with Crippen molar-refractivity contribution in [1.82, 2.24) is 0 Å². The van der Waals surface area contributed by atoms with E-state index in [2.05, 4.69) is 5.32 Å². The highest BCUT2D eigenvalue weighted by atomic mass is 16.5. The number of carbonyl (C=O) groups excluding carboxylic acids is 2. The van der Waals surface area contributed by atoms with E-state index in [1.807, 2.05) is 92.7 Å². The highest BCUT2D eigenvalue weighted by Crippen LogP contribution is 2.15. The van der Waals surface area contributed by atoms with E-state index in [-0.39, 0.29) is 19.1 Å². The zero-order valence-corrected chi connectivity index (χ0v) is 18.1. The van der Waals surface area contributed by atoms with Gasteiger partial charge in [-0.2, -0.15) is 0 Å². The fourth-order valence-corrected chi connectivity index (χ4v) is 3.50. The standard InChI is InChI=1S/C26H28N2O3/c1-20-13-14-24(21(2)15-20)27-25(29)19-31-26(30)18-28(16-22-9-5-3-6-10-22)17-23-11-7-4-8-12-23/h3-15H,16-19H2,1-2H3,(H,27,29)/p+1. The van der Waals surface area contributed by atoms with Crippen LogP contribution < -0.4 is 10.2 Å². The fourth-order valence-electron chi connectivity index (χ4n) is 3.50. The van der Waals surface area contributed by atoms with Gasteiger partial charge in [-0.3, -0.25) is 4.79 Å². The lowest BCUT2D eigenvalue weighted by Gasteiger charge is -2.19. The Labute approximate surface area is 183 Å². The van der Waals surface area contributed by atoms with E-state index in [0.717, 1.165) is 32.8 Å². The fraction of sp³-hybridized carbons (Fsp3) is 0.231. The SMILES string of the molecule is Cc1ccc(NC(=O)COC(=O)C[NH+](Cc2ccccc2)Cc2ccccc2)c(C)c1. The van der Waals surface area contributed by atoms with Gasteiger partial charge < -0.3 is 15.0 Å². The number of aryl methyl sites for hydroxylation is 2. The molecular formula is C26H29N2O3+. The second kappa shape index (κ2) is 11.1. The van der Waals surface area contributed by atoms with Crippen LogP contribution >= 0.6 is 0 Å². The van der Waals surface area contributed by atoms with Gasteiger partial charge in [0.05, 0.1) is 0 Å². The summed E-state index contributed by atoms with van der Waals surface area (Å²) in [6.45, 7) is 5.21. The number of carbonyl (C=O) groups is 2. The molecule has 5 nitrogen and oxygen atoms in total. The maximum absolute atomic E-state index is 12.5. The normalized spacial score (nSPS) is 10.7. The third-order valence-electron chi connectivity index (χ3n) is 5.01. The molecule has 0 aliphatic carbocycles. The summed E-state index contributed by atoms with van der Waals surface area (Å²) >= 11 is 0. The maximum Gasteiger partial charge on any atom is 0.362 e. The van der Waals surface area contributed by atoms with Crippen LogP contribution in [-0.2, 0) is 27.4 Å². The Morgan fingerprint density at radius 2 is 1.42 bits per heavy atom. The Morgan fingerprint density at radius 3 is 1.97 bits per heavy atom. The van der Waals surface area contributed by atoms with Gasteiger partial charge in [-0.25, -0.2) is 4.79 Å². The first-order valence-electron chi connectivity index (χ1n) is 10.4. The number of ether oxygens (including phenoxy) is 1. The van der Waals surface area contributed by atoms with Crippen LogP contribution in [0.5, 0.6) is 0 Å². The highest BCUT2D eigenvalue weighted by Gasteiger charge is 2.18. The first-order valence-corrected chi connectivity index (χ1v) is 10.4. The van der Waals surface area contributed by atoms with E-state index in [4.69, 9.17) is 4.74 Å². The molecule has 0 radical (unpaired) electrons. The van der Waals surface area contributed by atoms with Crippen LogP contribution in [0.2, 0.25) is 0 Å². The second-order valence-corrected chi connectivity index (χ2v) is 7.78. The Bertz CT molecular complexity index is 962. The van der Waals surface area contributed by atoms with Crippen molar-refractivity contribution in [3.63, 3.8) is 0 Å². The molecule has 1 amide bonds. The molecule has 0 heterocycles. The average molecular weight is 418 g/mol. The smallest absolute Gasteiger partial charge is 0.362 e. The lowest BCUT2D eigenvalue weighted by Crippen LogP contribution is -3.10. The van der Waals surface area contributed by atoms with Crippen LogP contribution in [0.1, 0.15) is 22.3 Å². The second-order valence-electron chi connectivity index (χ2n) is 7.78. The van der Waals surface area contributed by atoms with Gasteiger partial charge in [0.15, 0.2) is 13.2 Å². The Hall–Kier alpha value is -3.44. The molecule has 160 valence electrons. The molecule has 3 rings (SSSR count). The molecule has 0 spiro atoms. The van der Waals surface area contributed by atoms with Crippen LogP contribution in [0.3, 0.4) is 0 Å². The van der Waals surface area contributed by atoms with Crippen molar-refractivity contribution >= 4 is 17.6 Å². The third-order valence-corrected chi connectivity index (χ3v) is 5.01. The summed E-state index contributed by atoms with van der Waals surface area (Å²) in [7, 11) is 0. The molecule has 0 unspecified atom stereocenters. The molecule has 5 heteroatoms. The first kappa shape index (κ1) is 22.2. The Morgan fingerprint density at radius 1 is 0.839 bits per heavy atom. The van der Waals surface area contributed by atoms with Gasteiger partial charge in [-0.1, -0.05) is 78.4 Å². The van der Waals surface area contributed by atoms with Crippen molar-refractivity contribution in [2.24, 2.45) is 0 Å². The van der Waals surface area contributed by atoms with Gasteiger partial charge in [0.2, 0.25) is 0 Å². The lowest BCUT2D eigenvalue weighted by molar-refractivity contribution is -0.920. The zero-order valence-electron chi connectivity index (χ0n) is 18.1. The van der Waals surface area contributed by atoms with Gasteiger partial charge in [-0.05, 0) is 25.5 Å². The summed E-state index contributed by atoms with van der Waals surface area (Å²) in [4.78, 5) is 25.8.